The maximum absolute atomic E-state index is 5.95. The standard InChI is InChI=1S/C24H30O3/c1-19(2)13-15-26-23-11-7-5-9-21(23)17-25-18-22-10-6-8-12-24(22)27-16-14-20(3)4/h5-14H,15-18H2,1-4H3. The second kappa shape index (κ2) is 11.2. The molecule has 0 atom stereocenters. The maximum atomic E-state index is 5.95. The van der Waals surface area contributed by atoms with Crippen LogP contribution in [0.5, 0.6) is 11.5 Å². The van der Waals surface area contributed by atoms with E-state index >= 15 is 0 Å². The predicted molar refractivity (Wildman–Crippen MR) is 111 cm³/mol. The fraction of sp³-hybridized carbons (Fsp3) is 0.333. The van der Waals surface area contributed by atoms with Crippen LogP contribution in [0.2, 0.25) is 0 Å². The summed E-state index contributed by atoms with van der Waals surface area (Å²) >= 11 is 0. The molecule has 0 N–H and O–H groups in total. The first-order valence-electron chi connectivity index (χ1n) is 9.32. The van der Waals surface area contributed by atoms with Crippen molar-refractivity contribution >= 4 is 0 Å². The summed E-state index contributed by atoms with van der Waals surface area (Å²) in [4.78, 5) is 0. The highest BCUT2D eigenvalue weighted by molar-refractivity contribution is 5.34. The molecule has 0 aliphatic carbocycles. The molecule has 0 saturated heterocycles. The van der Waals surface area contributed by atoms with E-state index in [1.54, 1.807) is 0 Å². The number of benzene rings is 2. The normalized spacial score (nSPS) is 10.2. The largest absolute Gasteiger partial charge is 0.489 e. The molecule has 2 aromatic carbocycles. The van der Waals surface area contributed by atoms with Gasteiger partial charge in [-0.3, -0.25) is 0 Å². The third-order valence-corrected chi connectivity index (χ3v) is 3.92. The van der Waals surface area contributed by atoms with Crippen molar-refractivity contribution in [3.8, 4) is 11.5 Å². The molecule has 0 saturated carbocycles. The molecule has 144 valence electrons. The summed E-state index contributed by atoms with van der Waals surface area (Å²) in [7, 11) is 0. The fourth-order valence-electron chi connectivity index (χ4n) is 2.39. The molecule has 27 heavy (non-hydrogen) atoms. The second-order valence-corrected chi connectivity index (χ2v) is 6.89. The first kappa shape index (κ1) is 20.8. The van der Waals surface area contributed by atoms with Crippen LogP contribution in [0.25, 0.3) is 0 Å². The number of allylic oxidation sites excluding steroid dienone is 2. The zero-order valence-corrected chi connectivity index (χ0v) is 16.8. The molecule has 3 nitrogen and oxygen atoms in total. The average molecular weight is 367 g/mol. The van der Waals surface area contributed by atoms with Crippen molar-refractivity contribution in [1.82, 2.24) is 0 Å². The van der Waals surface area contributed by atoms with Gasteiger partial charge in [-0.15, -0.1) is 0 Å². The van der Waals surface area contributed by atoms with E-state index in [0.29, 0.717) is 26.4 Å². The Labute approximate surface area is 163 Å². The van der Waals surface area contributed by atoms with Crippen molar-refractivity contribution in [3.63, 3.8) is 0 Å². The van der Waals surface area contributed by atoms with Crippen molar-refractivity contribution < 1.29 is 14.2 Å². The van der Waals surface area contributed by atoms with E-state index in [-0.39, 0.29) is 0 Å². The topological polar surface area (TPSA) is 27.7 Å². The van der Waals surface area contributed by atoms with Gasteiger partial charge in [0.25, 0.3) is 0 Å². The molecule has 2 aromatic rings. The van der Waals surface area contributed by atoms with Crippen LogP contribution in [0.3, 0.4) is 0 Å². The number of ether oxygens (including phenoxy) is 3. The SMILES string of the molecule is CC(C)=CCOc1ccccc1COCc1ccccc1OCC=C(C)C. The zero-order chi connectivity index (χ0) is 19.5. The Morgan fingerprint density at radius 1 is 0.667 bits per heavy atom. The Kier molecular flexibility index (Phi) is 8.66. The van der Waals surface area contributed by atoms with Gasteiger partial charge >= 0.3 is 0 Å². The van der Waals surface area contributed by atoms with Gasteiger partial charge in [0, 0.05) is 11.1 Å². The lowest BCUT2D eigenvalue weighted by atomic mass is 10.2. The summed E-state index contributed by atoms with van der Waals surface area (Å²) in [5.74, 6) is 1.73. The highest BCUT2D eigenvalue weighted by Crippen LogP contribution is 2.22. The Morgan fingerprint density at radius 3 is 1.48 bits per heavy atom. The minimum absolute atomic E-state index is 0.493. The number of para-hydroxylation sites is 2. The summed E-state index contributed by atoms with van der Waals surface area (Å²) in [5.41, 5.74) is 4.58. The third-order valence-electron chi connectivity index (χ3n) is 3.92. The molecule has 0 spiro atoms. The minimum Gasteiger partial charge on any atom is -0.489 e. The lowest BCUT2D eigenvalue weighted by Crippen LogP contribution is -2.02. The summed E-state index contributed by atoms with van der Waals surface area (Å²) in [6.07, 6.45) is 4.13. The van der Waals surface area contributed by atoms with Gasteiger partial charge in [-0.25, -0.2) is 0 Å². The monoisotopic (exact) mass is 366 g/mol. The van der Waals surface area contributed by atoms with E-state index in [1.165, 1.54) is 11.1 Å². The lowest BCUT2D eigenvalue weighted by molar-refractivity contribution is 0.103. The predicted octanol–water partition coefficient (Wildman–Crippen LogP) is 6.09. The highest BCUT2D eigenvalue weighted by Gasteiger charge is 2.06. The van der Waals surface area contributed by atoms with Gasteiger partial charge in [-0.2, -0.15) is 0 Å². The summed E-state index contributed by atoms with van der Waals surface area (Å²) in [6, 6.07) is 16.0. The Balaban J connectivity index is 1.93. The van der Waals surface area contributed by atoms with Crippen LogP contribution in [-0.2, 0) is 18.0 Å². The van der Waals surface area contributed by atoms with Crippen LogP contribution in [0.15, 0.2) is 71.8 Å². The van der Waals surface area contributed by atoms with Crippen LogP contribution in [0, 0.1) is 0 Å². The summed E-state index contributed by atoms with van der Waals surface area (Å²) < 4.78 is 17.7. The molecule has 0 bridgehead atoms. The van der Waals surface area contributed by atoms with Crippen molar-refractivity contribution in [2.45, 2.75) is 40.9 Å². The minimum atomic E-state index is 0.493. The third kappa shape index (κ3) is 7.71. The van der Waals surface area contributed by atoms with E-state index in [9.17, 15) is 0 Å². The fourth-order valence-corrected chi connectivity index (χ4v) is 2.39. The highest BCUT2D eigenvalue weighted by atomic mass is 16.5. The van der Waals surface area contributed by atoms with E-state index in [0.717, 1.165) is 22.6 Å². The lowest BCUT2D eigenvalue weighted by Gasteiger charge is -2.13. The average Bonchev–Trinajstić information content (AvgIpc) is 2.63. The van der Waals surface area contributed by atoms with Gasteiger partial charge in [0.1, 0.15) is 24.7 Å². The Bertz CT molecular complexity index is 701. The van der Waals surface area contributed by atoms with Gasteiger partial charge in [0.05, 0.1) is 13.2 Å². The van der Waals surface area contributed by atoms with Crippen LogP contribution in [0.4, 0.5) is 0 Å². The smallest absolute Gasteiger partial charge is 0.125 e. The van der Waals surface area contributed by atoms with Crippen molar-refractivity contribution in [1.29, 1.82) is 0 Å². The Morgan fingerprint density at radius 2 is 1.07 bits per heavy atom. The van der Waals surface area contributed by atoms with Crippen LogP contribution in [0.1, 0.15) is 38.8 Å². The zero-order valence-electron chi connectivity index (χ0n) is 16.8. The maximum Gasteiger partial charge on any atom is 0.125 e. The van der Waals surface area contributed by atoms with Gasteiger partial charge in [-0.1, -0.05) is 47.5 Å². The molecule has 0 radical (unpaired) electrons. The number of hydrogen-bond donors (Lipinski definition) is 0. The first-order valence-corrected chi connectivity index (χ1v) is 9.32. The number of hydrogen-bond acceptors (Lipinski definition) is 3. The van der Waals surface area contributed by atoms with E-state index in [4.69, 9.17) is 14.2 Å². The molecule has 0 aromatic heterocycles. The van der Waals surface area contributed by atoms with E-state index in [1.807, 2.05) is 48.5 Å². The molecule has 2 rings (SSSR count). The molecule has 0 amide bonds. The molecule has 0 unspecified atom stereocenters. The number of rotatable bonds is 10. The van der Waals surface area contributed by atoms with Crippen molar-refractivity contribution in [3.05, 3.63) is 83.0 Å². The molecule has 0 aliphatic heterocycles. The van der Waals surface area contributed by atoms with E-state index < -0.39 is 0 Å². The molecule has 0 heterocycles. The molecule has 3 heteroatoms. The van der Waals surface area contributed by atoms with Gasteiger partial charge < -0.3 is 14.2 Å². The first-order chi connectivity index (χ1) is 13.1. The van der Waals surface area contributed by atoms with Crippen molar-refractivity contribution in [2.24, 2.45) is 0 Å². The summed E-state index contributed by atoms with van der Waals surface area (Å²) in [6.45, 7) is 10.4. The molecular weight excluding hydrogens is 336 g/mol. The van der Waals surface area contributed by atoms with Crippen molar-refractivity contribution in [2.75, 3.05) is 13.2 Å². The Hall–Kier alpha value is -2.52. The second-order valence-electron chi connectivity index (χ2n) is 6.89. The van der Waals surface area contributed by atoms with Gasteiger partial charge in [0.15, 0.2) is 0 Å². The van der Waals surface area contributed by atoms with Gasteiger partial charge in [0.2, 0.25) is 0 Å². The van der Waals surface area contributed by atoms with Gasteiger partial charge in [-0.05, 0) is 52.0 Å². The van der Waals surface area contributed by atoms with Crippen LogP contribution >= 0.6 is 0 Å². The summed E-state index contributed by atoms with van der Waals surface area (Å²) in [5, 5.41) is 0. The molecule has 0 fully saturated rings. The molecule has 0 aliphatic rings. The quantitative estimate of drug-likeness (QED) is 0.476. The molecular formula is C24H30O3. The van der Waals surface area contributed by atoms with Crippen LogP contribution < -0.4 is 9.47 Å². The van der Waals surface area contributed by atoms with E-state index in [2.05, 4.69) is 39.8 Å². The van der Waals surface area contributed by atoms with Crippen LogP contribution in [-0.4, -0.2) is 13.2 Å².